The third kappa shape index (κ3) is 8.31. The van der Waals surface area contributed by atoms with E-state index in [2.05, 4.69) is 5.32 Å². The zero-order valence-corrected chi connectivity index (χ0v) is 18.0. The van der Waals surface area contributed by atoms with Gasteiger partial charge in [-0.25, -0.2) is 0 Å². The minimum atomic E-state index is -1.09. The van der Waals surface area contributed by atoms with Crippen LogP contribution in [0.1, 0.15) is 39.2 Å². The zero-order chi connectivity index (χ0) is 22.7. The Morgan fingerprint density at radius 1 is 1.10 bits per heavy atom. The van der Waals surface area contributed by atoms with Crippen LogP contribution >= 0.6 is 0 Å². The van der Waals surface area contributed by atoms with Gasteiger partial charge >= 0.3 is 0 Å². The van der Waals surface area contributed by atoms with E-state index in [4.69, 9.17) is 16.2 Å². The van der Waals surface area contributed by atoms with Crippen LogP contribution in [0, 0.1) is 11.8 Å². The van der Waals surface area contributed by atoms with Gasteiger partial charge in [-0.1, -0.05) is 44.2 Å². The Hall–Kier alpha value is -2.13. The fourth-order valence-corrected chi connectivity index (χ4v) is 3.03. The van der Waals surface area contributed by atoms with Crippen molar-refractivity contribution in [1.29, 1.82) is 0 Å². The lowest BCUT2D eigenvalue weighted by Crippen LogP contribution is -2.49. The van der Waals surface area contributed by atoms with Crippen molar-refractivity contribution in [1.82, 2.24) is 5.32 Å². The van der Waals surface area contributed by atoms with E-state index in [9.17, 15) is 19.5 Å². The number of benzene rings is 1. The molecule has 0 saturated carbocycles. The second-order valence-corrected chi connectivity index (χ2v) is 7.73. The molecule has 0 bridgehead atoms. The molecule has 0 aliphatic carbocycles. The van der Waals surface area contributed by atoms with E-state index in [1.165, 1.54) is 6.92 Å². The molecule has 0 fully saturated rings. The summed E-state index contributed by atoms with van der Waals surface area (Å²) < 4.78 is 5.63. The Morgan fingerprint density at radius 2 is 1.73 bits per heavy atom. The molecule has 1 amide bonds. The van der Waals surface area contributed by atoms with Gasteiger partial charge in [0.05, 0.1) is 24.7 Å². The highest BCUT2D eigenvalue weighted by Gasteiger charge is 2.32. The largest absolute Gasteiger partial charge is 0.393 e. The van der Waals surface area contributed by atoms with E-state index in [1.807, 2.05) is 30.3 Å². The lowest BCUT2D eigenvalue weighted by Gasteiger charge is -2.25. The molecule has 0 aliphatic rings. The smallest absolute Gasteiger partial charge is 0.226 e. The van der Waals surface area contributed by atoms with E-state index >= 15 is 0 Å². The molecule has 0 aromatic heterocycles. The number of ketones is 2. The normalized spacial score (nSPS) is 15.3. The van der Waals surface area contributed by atoms with E-state index in [1.54, 1.807) is 13.8 Å². The second-order valence-electron chi connectivity index (χ2n) is 7.73. The van der Waals surface area contributed by atoms with E-state index < -0.39 is 30.1 Å². The minimum Gasteiger partial charge on any atom is -0.393 e. The Kier molecular flexibility index (Phi) is 11.4. The number of rotatable bonds is 14. The highest BCUT2D eigenvalue weighted by atomic mass is 16.5. The zero-order valence-electron chi connectivity index (χ0n) is 18.0. The first-order chi connectivity index (χ1) is 14.2. The maximum atomic E-state index is 12.7. The van der Waals surface area contributed by atoms with Gasteiger partial charge < -0.3 is 26.6 Å². The molecule has 8 nitrogen and oxygen atoms in total. The van der Waals surface area contributed by atoms with Crippen molar-refractivity contribution in [2.75, 3.05) is 13.1 Å². The van der Waals surface area contributed by atoms with Crippen molar-refractivity contribution in [2.45, 2.75) is 58.5 Å². The Labute approximate surface area is 178 Å². The van der Waals surface area contributed by atoms with Crippen LogP contribution in [0.3, 0.4) is 0 Å². The van der Waals surface area contributed by atoms with Crippen LogP contribution in [0.15, 0.2) is 30.3 Å². The predicted octanol–water partition coefficient (Wildman–Crippen LogP) is 0.545. The van der Waals surface area contributed by atoms with E-state index in [-0.39, 0.29) is 50.0 Å². The number of carbonyl (C=O) groups excluding carboxylic acids is 3. The fourth-order valence-electron chi connectivity index (χ4n) is 3.03. The Morgan fingerprint density at radius 3 is 2.23 bits per heavy atom. The maximum absolute atomic E-state index is 12.7. The minimum absolute atomic E-state index is 0.0402. The quantitative estimate of drug-likeness (QED) is 0.343. The first kappa shape index (κ1) is 25.9. The first-order valence-electron chi connectivity index (χ1n) is 10.3. The summed E-state index contributed by atoms with van der Waals surface area (Å²) in [5, 5.41) is 12.7. The molecule has 4 atom stereocenters. The van der Waals surface area contributed by atoms with Crippen LogP contribution < -0.4 is 16.8 Å². The number of ether oxygens (including phenoxy) is 1. The van der Waals surface area contributed by atoms with Crippen molar-refractivity contribution < 1.29 is 24.2 Å². The first-order valence-corrected chi connectivity index (χ1v) is 10.3. The number of Topliss-reactive ketones (excluding diaryl/α,β-unsaturated/α-hetero) is 2. The summed E-state index contributed by atoms with van der Waals surface area (Å²) in [6.45, 7) is 5.31. The highest BCUT2D eigenvalue weighted by Crippen LogP contribution is 2.15. The molecule has 0 unspecified atom stereocenters. The standard InChI is InChI=1S/C22H35N3O5/c1-14(2)21(28)18(9-10-23)25-22(29)17(15(3)26)11-19(27)20(12-24)30-13-16-7-5-4-6-8-16/h4-8,14-15,17-18,20,26H,9-13,23-24H2,1-3H3,(H,25,29)/t15-,17-,18-,20-/m0/s1. The maximum Gasteiger partial charge on any atom is 0.226 e. The van der Waals surface area contributed by atoms with Crippen LogP contribution in [0.4, 0.5) is 0 Å². The third-order valence-electron chi connectivity index (χ3n) is 4.89. The molecule has 0 radical (unpaired) electrons. The monoisotopic (exact) mass is 421 g/mol. The lowest BCUT2D eigenvalue weighted by atomic mass is 9.92. The number of nitrogens with one attached hydrogen (secondary N) is 1. The van der Waals surface area contributed by atoms with Crippen LogP contribution in [-0.2, 0) is 25.7 Å². The number of aliphatic hydroxyl groups excluding tert-OH is 1. The van der Waals surface area contributed by atoms with Crippen LogP contribution in [0.2, 0.25) is 0 Å². The van der Waals surface area contributed by atoms with Gasteiger partial charge in [0.2, 0.25) is 5.91 Å². The predicted molar refractivity (Wildman–Crippen MR) is 114 cm³/mol. The van der Waals surface area contributed by atoms with Gasteiger partial charge in [-0.05, 0) is 25.5 Å². The van der Waals surface area contributed by atoms with Gasteiger partial charge in [0.25, 0.3) is 0 Å². The number of hydrogen-bond acceptors (Lipinski definition) is 7. The van der Waals surface area contributed by atoms with E-state index in [0.717, 1.165) is 5.56 Å². The van der Waals surface area contributed by atoms with Gasteiger partial charge in [0.15, 0.2) is 11.6 Å². The van der Waals surface area contributed by atoms with Gasteiger partial charge in [-0.3, -0.25) is 14.4 Å². The molecule has 30 heavy (non-hydrogen) atoms. The molecule has 8 heteroatoms. The van der Waals surface area contributed by atoms with Gasteiger partial charge in [-0.15, -0.1) is 0 Å². The number of amides is 1. The number of carbonyl (C=O) groups is 3. The average molecular weight is 422 g/mol. The molecule has 1 aromatic rings. The molecule has 1 aromatic carbocycles. The summed E-state index contributed by atoms with van der Waals surface area (Å²) in [5.41, 5.74) is 12.1. The van der Waals surface area contributed by atoms with Crippen LogP contribution in [-0.4, -0.2) is 53.9 Å². The summed E-state index contributed by atoms with van der Waals surface area (Å²) >= 11 is 0. The highest BCUT2D eigenvalue weighted by molar-refractivity contribution is 5.93. The second kappa shape index (κ2) is 13.2. The summed E-state index contributed by atoms with van der Waals surface area (Å²) in [5.74, 6) is -2.38. The van der Waals surface area contributed by atoms with Gasteiger partial charge in [-0.2, -0.15) is 0 Å². The van der Waals surface area contributed by atoms with Gasteiger partial charge in [0, 0.05) is 18.9 Å². The SMILES string of the molecule is CC(C)C(=O)[C@H](CCN)NC(=O)[C@@H](CC(=O)[C@H](CN)OCc1ccccc1)[C@H](C)O. The molecule has 0 saturated heterocycles. The van der Waals surface area contributed by atoms with Crippen LogP contribution in [0.5, 0.6) is 0 Å². The van der Waals surface area contributed by atoms with E-state index in [0.29, 0.717) is 0 Å². The molecule has 0 spiro atoms. The fraction of sp³-hybridized carbons (Fsp3) is 0.591. The van der Waals surface area contributed by atoms with Crippen molar-refractivity contribution >= 4 is 17.5 Å². The molecule has 6 N–H and O–H groups in total. The Balaban J connectivity index is 2.78. The molecular weight excluding hydrogens is 386 g/mol. The average Bonchev–Trinajstić information content (AvgIpc) is 2.71. The number of aliphatic hydroxyl groups is 1. The summed E-state index contributed by atoms with van der Waals surface area (Å²) in [6, 6.07) is 8.59. The number of nitrogens with two attached hydrogens (primary N) is 2. The van der Waals surface area contributed by atoms with Crippen molar-refractivity contribution in [3.8, 4) is 0 Å². The van der Waals surface area contributed by atoms with Crippen molar-refractivity contribution in [2.24, 2.45) is 23.3 Å². The molecule has 0 aliphatic heterocycles. The summed E-state index contributed by atoms with van der Waals surface area (Å²) in [6.07, 6.45) is -1.94. The van der Waals surface area contributed by atoms with Crippen molar-refractivity contribution in [3.05, 3.63) is 35.9 Å². The molecule has 0 heterocycles. The summed E-state index contributed by atoms with van der Waals surface area (Å²) in [7, 11) is 0. The third-order valence-corrected chi connectivity index (χ3v) is 4.89. The topological polar surface area (TPSA) is 145 Å². The lowest BCUT2D eigenvalue weighted by molar-refractivity contribution is -0.139. The number of hydrogen-bond donors (Lipinski definition) is 4. The molecular formula is C22H35N3O5. The Bertz CT molecular complexity index is 679. The molecule has 168 valence electrons. The molecule has 1 rings (SSSR count). The van der Waals surface area contributed by atoms with Crippen molar-refractivity contribution in [3.63, 3.8) is 0 Å². The van der Waals surface area contributed by atoms with Crippen LogP contribution in [0.25, 0.3) is 0 Å². The van der Waals surface area contributed by atoms with Gasteiger partial charge in [0.1, 0.15) is 6.10 Å². The summed E-state index contributed by atoms with van der Waals surface area (Å²) in [4.78, 5) is 37.7.